The number of ether oxygens (including phenoxy) is 2. The zero-order valence-corrected chi connectivity index (χ0v) is 44.1. The van der Waals surface area contributed by atoms with Crippen LogP contribution in [0.4, 0.5) is 0 Å². The number of hydrogen-bond donors (Lipinski definition) is 0. The molecule has 0 spiro atoms. The molecule has 6 rings (SSSR count). The molecule has 5 heteroatoms. The minimum absolute atomic E-state index is 0.00373. The van der Waals surface area contributed by atoms with Gasteiger partial charge in [-0.2, -0.15) is 0 Å². The maximum Gasteiger partial charge on any atom is 0.309 e. The van der Waals surface area contributed by atoms with E-state index >= 15 is 0 Å². The summed E-state index contributed by atoms with van der Waals surface area (Å²) in [4.78, 5) is 28.5. The van der Waals surface area contributed by atoms with Crippen molar-refractivity contribution < 1.29 is 19.1 Å². The molecule has 0 N–H and O–H groups in total. The minimum atomic E-state index is -0.0211. The Kier molecular flexibility index (Phi) is 25.7. The predicted molar refractivity (Wildman–Crippen MR) is 277 cm³/mol. The summed E-state index contributed by atoms with van der Waals surface area (Å²) in [5.74, 6) is 8.98. The molecule has 0 aromatic heterocycles. The van der Waals surface area contributed by atoms with Crippen molar-refractivity contribution in [2.75, 3.05) is 20.1 Å². The first-order valence-electron chi connectivity index (χ1n) is 30.5. The SMILES string of the molecule is CCCCCCCCC1CC1CC1CC1CCCCCCCCC(CCCCCCCCC1CC1CC1CC1CCCCCCCC)OC(=O)CC1CCC(OC(=O)C2CCN(C)CC2)C1. The first-order chi connectivity index (χ1) is 32.4. The number of piperidine rings is 1. The van der Waals surface area contributed by atoms with Crippen LogP contribution in [-0.4, -0.2) is 49.2 Å². The van der Waals surface area contributed by atoms with Crippen LogP contribution in [0.3, 0.4) is 0 Å². The van der Waals surface area contributed by atoms with Crippen LogP contribution in [0.15, 0.2) is 0 Å². The fourth-order valence-corrected chi connectivity index (χ4v) is 13.5. The lowest BCUT2D eigenvalue weighted by atomic mass is 9.97. The van der Waals surface area contributed by atoms with E-state index in [0.29, 0.717) is 6.42 Å². The number of esters is 2. The van der Waals surface area contributed by atoms with Gasteiger partial charge in [0.2, 0.25) is 0 Å². The Morgan fingerprint density at radius 2 is 0.864 bits per heavy atom. The second kappa shape index (κ2) is 31.3. The first-order valence-corrected chi connectivity index (χ1v) is 30.5. The molecule has 66 heavy (non-hydrogen) atoms. The summed E-state index contributed by atoms with van der Waals surface area (Å²) >= 11 is 0. The van der Waals surface area contributed by atoms with Gasteiger partial charge in [-0.3, -0.25) is 9.59 Å². The summed E-state index contributed by atoms with van der Waals surface area (Å²) in [7, 11) is 2.13. The number of rotatable bonds is 41. The van der Waals surface area contributed by atoms with E-state index in [2.05, 4.69) is 25.8 Å². The Morgan fingerprint density at radius 1 is 0.470 bits per heavy atom. The van der Waals surface area contributed by atoms with Crippen molar-refractivity contribution >= 4 is 11.9 Å². The molecule has 5 saturated carbocycles. The smallest absolute Gasteiger partial charge is 0.309 e. The normalized spacial score (nSPS) is 29.8. The lowest BCUT2D eigenvalue weighted by Crippen LogP contribution is -2.35. The number of nitrogens with zero attached hydrogens (tertiary/aromatic N) is 1. The van der Waals surface area contributed by atoms with Gasteiger partial charge < -0.3 is 14.4 Å². The molecule has 5 nitrogen and oxygen atoms in total. The standard InChI is InChI=1S/C61H109NO4/c1-4-6-8-10-16-22-28-50-42-54(50)46-56-44-52(56)30-24-18-12-14-20-26-32-58(65-60(63)41-48-34-35-59(40-48)66-61(64)49-36-38-62(3)39-37-49)33-27-21-15-13-19-25-31-53-45-57(53)47-55-43-51(55)29-23-17-11-9-7-5-2/h48-59H,4-47H2,1-3H3. The lowest BCUT2D eigenvalue weighted by molar-refractivity contribution is -0.155. The summed E-state index contributed by atoms with van der Waals surface area (Å²) in [6.45, 7) is 6.58. The Balaban J connectivity index is 0.779. The molecule has 1 saturated heterocycles. The number of hydrogen-bond acceptors (Lipinski definition) is 5. The zero-order valence-electron chi connectivity index (χ0n) is 44.1. The van der Waals surface area contributed by atoms with E-state index in [1.807, 2.05) is 0 Å². The molecule has 10 atom stereocenters. The van der Waals surface area contributed by atoms with Crippen molar-refractivity contribution in [2.24, 2.45) is 59.2 Å². The van der Waals surface area contributed by atoms with Crippen molar-refractivity contribution in [1.82, 2.24) is 4.90 Å². The van der Waals surface area contributed by atoms with Gasteiger partial charge in [0.1, 0.15) is 12.2 Å². The maximum atomic E-state index is 13.4. The van der Waals surface area contributed by atoms with Gasteiger partial charge in [0, 0.05) is 6.42 Å². The molecular formula is C61H109NO4. The van der Waals surface area contributed by atoms with Crippen LogP contribution in [0.25, 0.3) is 0 Å². The minimum Gasteiger partial charge on any atom is -0.462 e. The summed E-state index contributed by atoms with van der Waals surface area (Å²) in [5, 5.41) is 0. The Bertz CT molecular complexity index is 1230. The fraction of sp³-hybridized carbons (Fsp3) is 0.967. The summed E-state index contributed by atoms with van der Waals surface area (Å²) in [6, 6.07) is 0. The first kappa shape index (κ1) is 54.2. The topological polar surface area (TPSA) is 55.8 Å². The predicted octanol–water partition coefficient (Wildman–Crippen LogP) is 17.4. The molecule has 0 aromatic carbocycles. The molecule has 10 unspecified atom stereocenters. The summed E-state index contributed by atoms with van der Waals surface area (Å²) in [6.07, 6.45) is 55.8. The van der Waals surface area contributed by atoms with Gasteiger partial charge >= 0.3 is 11.9 Å². The third-order valence-electron chi connectivity index (χ3n) is 18.6. The molecule has 0 bridgehead atoms. The van der Waals surface area contributed by atoms with Crippen molar-refractivity contribution in [2.45, 2.75) is 296 Å². The maximum absolute atomic E-state index is 13.4. The Morgan fingerprint density at radius 3 is 1.29 bits per heavy atom. The number of unbranched alkanes of at least 4 members (excludes halogenated alkanes) is 20. The highest BCUT2D eigenvalue weighted by atomic mass is 16.5. The van der Waals surface area contributed by atoms with E-state index in [4.69, 9.17) is 9.47 Å². The molecule has 1 aliphatic heterocycles. The van der Waals surface area contributed by atoms with Gasteiger partial charge in [0.05, 0.1) is 5.92 Å². The number of carbonyl (C=O) groups excluding carboxylic acids is 2. The highest BCUT2D eigenvalue weighted by molar-refractivity contribution is 5.73. The Labute approximate surface area is 409 Å². The van der Waals surface area contributed by atoms with Crippen LogP contribution in [-0.2, 0) is 19.1 Å². The van der Waals surface area contributed by atoms with Gasteiger partial charge in [0.25, 0.3) is 0 Å². The van der Waals surface area contributed by atoms with Crippen molar-refractivity contribution in [3.05, 3.63) is 0 Å². The van der Waals surface area contributed by atoms with E-state index in [0.717, 1.165) is 105 Å². The van der Waals surface area contributed by atoms with Crippen LogP contribution in [0, 0.1) is 59.2 Å². The van der Waals surface area contributed by atoms with Crippen LogP contribution in [0.5, 0.6) is 0 Å². The van der Waals surface area contributed by atoms with Crippen molar-refractivity contribution in [1.29, 1.82) is 0 Å². The molecule has 6 fully saturated rings. The number of carbonyl (C=O) groups is 2. The highest BCUT2D eigenvalue weighted by Crippen LogP contribution is 2.56. The molecule has 1 heterocycles. The van der Waals surface area contributed by atoms with Crippen LogP contribution in [0.1, 0.15) is 284 Å². The lowest BCUT2D eigenvalue weighted by Gasteiger charge is -2.28. The average molecular weight is 921 g/mol. The van der Waals surface area contributed by atoms with Gasteiger partial charge in [-0.25, -0.2) is 0 Å². The van der Waals surface area contributed by atoms with Crippen LogP contribution >= 0.6 is 0 Å². The van der Waals surface area contributed by atoms with E-state index < -0.39 is 0 Å². The van der Waals surface area contributed by atoms with Crippen LogP contribution in [0.2, 0.25) is 0 Å². The average Bonchev–Trinajstić information content (AvgIpc) is 4.22. The van der Waals surface area contributed by atoms with Crippen molar-refractivity contribution in [3.63, 3.8) is 0 Å². The Hall–Kier alpha value is -1.10. The van der Waals surface area contributed by atoms with Gasteiger partial charge in [-0.05, 0) is 170 Å². The zero-order chi connectivity index (χ0) is 46.2. The molecule has 0 aromatic rings. The quantitative estimate of drug-likeness (QED) is 0.0452. The monoisotopic (exact) mass is 920 g/mol. The summed E-state index contributed by atoms with van der Waals surface area (Å²) in [5.41, 5.74) is 0. The molecular weight excluding hydrogens is 811 g/mol. The van der Waals surface area contributed by atoms with E-state index in [-0.39, 0.29) is 36.0 Å². The molecule has 0 amide bonds. The molecule has 6 aliphatic rings. The third kappa shape index (κ3) is 22.3. The summed E-state index contributed by atoms with van der Waals surface area (Å²) < 4.78 is 12.3. The molecule has 5 aliphatic carbocycles. The van der Waals surface area contributed by atoms with Gasteiger partial charge in [0.15, 0.2) is 0 Å². The third-order valence-corrected chi connectivity index (χ3v) is 18.6. The van der Waals surface area contributed by atoms with Crippen molar-refractivity contribution in [3.8, 4) is 0 Å². The van der Waals surface area contributed by atoms with Gasteiger partial charge in [-0.1, -0.05) is 181 Å². The van der Waals surface area contributed by atoms with E-state index in [1.165, 1.54) is 193 Å². The van der Waals surface area contributed by atoms with Gasteiger partial charge in [-0.15, -0.1) is 0 Å². The van der Waals surface area contributed by atoms with E-state index in [1.54, 1.807) is 25.7 Å². The molecule has 0 radical (unpaired) electrons. The second-order valence-corrected chi connectivity index (χ2v) is 24.6. The van der Waals surface area contributed by atoms with Crippen LogP contribution < -0.4 is 0 Å². The second-order valence-electron chi connectivity index (χ2n) is 24.6. The fourth-order valence-electron chi connectivity index (χ4n) is 13.5. The van der Waals surface area contributed by atoms with E-state index in [9.17, 15) is 9.59 Å². The number of likely N-dealkylation sites (tertiary alicyclic amines) is 1. The largest absolute Gasteiger partial charge is 0.462 e. The highest BCUT2D eigenvalue weighted by Gasteiger charge is 2.45. The molecule has 382 valence electrons.